The summed E-state index contributed by atoms with van der Waals surface area (Å²) in [6, 6.07) is 20.8. The van der Waals surface area contributed by atoms with E-state index >= 15 is 0 Å². The van der Waals surface area contributed by atoms with Gasteiger partial charge < -0.3 is 21.1 Å². The van der Waals surface area contributed by atoms with Crippen LogP contribution in [0.25, 0.3) is 0 Å². The summed E-state index contributed by atoms with van der Waals surface area (Å²) in [7, 11) is -4.04. The number of aliphatic hydroxyl groups is 1. The Hall–Kier alpha value is -4.02. The van der Waals surface area contributed by atoms with E-state index in [4.69, 9.17) is 5.73 Å². The van der Waals surface area contributed by atoms with Crippen LogP contribution in [0.2, 0.25) is 0 Å². The molecule has 3 rings (SSSR count). The van der Waals surface area contributed by atoms with E-state index in [0.29, 0.717) is 11.1 Å². The second-order valence-electron chi connectivity index (χ2n) is 11.3. The summed E-state index contributed by atoms with van der Waals surface area (Å²) in [4.78, 5) is 40.1. The lowest BCUT2D eigenvalue weighted by Crippen LogP contribution is -2.59. The van der Waals surface area contributed by atoms with Crippen molar-refractivity contribution in [3.05, 3.63) is 102 Å². The third-order valence-corrected chi connectivity index (χ3v) is 8.52. The number of nitrogens with two attached hydrogens (primary N) is 1. The SMILES string of the molecule is CC(=O)N([C@H](CS(=O)(=O)c1ccccc1)C(N)=O)[C@@H](Cc1ccccc1)[C@H](O)Cc1ccccc1C(=O)NC(C)(C)C. The number of nitrogens with zero attached hydrogens (tertiary/aromatic N) is 1. The van der Waals surface area contributed by atoms with Gasteiger partial charge in [0.2, 0.25) is 11.8 Å². The van der Waals surface area contributed by atoms with E-state index in [1.807, 2.05) is 39.0 Å². The van der Waals surface area contributed by atoms with Gasteiger partial charge in [0.25, 0.3) is 5.91 Å². The number of amides is 3. The van der Waals surface area contributed by atoms with Gasteiger partial charge in [0.1, 0.15) is 6.04 Å². The maximum absolute atomic E-state index is 13.3. The Kier molecular flexibility index (Phi) is 10.6. The first-order valence-corrected chi connectivity index (χ1v) is 15.3. The average Bonchev–Trinajstić information content (AvgIpc) is 2.92. The fraction of sp³-hybridized carbons (Fsp3) is 0.344. The predicted octanol–water partition coefficient (Wildman–Crippen LogP) is 2.91. The lowest BCUT2D eigenvalue weighted by Gasteiger charge is -2.39. The predicted molar refractivity (Wildman–Crippen MR) is 161 cm³/mol. The Morgan fingerprint density at radius 3 is 1.98 bits per heavy atom. The highest BCUT2D eigenvalue weighted by atomic mass is 32.2. The van der Waals surface area contributed by atoms with Crippen LogP contribution in [0.5, 0.6) is 0 Å². The molecular weight excluding hydrogens is 554 g/mol. The van der Waals surface area contributed by atoms with Gasteiger partial charge in [-0.15, -0.1) is 0 Å². The van der Waals surface area contributed by atoms with E-state index in [1.165, 1.54) is 19.1 Å². The van der Waals surface area contributed by atoms with Crippen molar-refractivity contribution in [2.45, 2.75) is 69.2 Å². The van der Waals surface area contributed by atoms with Crippen molar-refractivity contribution in [1.29, 1.82) is 0 Å². The van der Waals surface area contributed by atoms with Crippen molar-refractivity contribution in [3.8, 4) is 0 Å². The molecule has 0 spiro atoms. The van der Waals surface area contributed by atoms with Gasteiger partial charge in [-0.2, -0.15) is 0 Å². The summed E-state index contributed by atoms with van der Waals surface area (Å²) in [5.74, 6) is -2.72. The van der Waals surface area contributed by atoms with Crippen molar-refractivity contribution < 1.29 is 27.9 Å². The lowest BCUT2D eigenvalue weighted by atomic mass is 9.91. The molecule has 10 heteroatoms. The van der Waals surface area contributed by atoms with Gasteiger partial charge in [-0.1, -0.05) is 66.7 Å². The van der Waals surface area contributed by atoms with E-state index < -0.39 is 51.1 Å². The van der Waals surface area contributed by atoms with Crippen molar-refractivity contribution in [3.63, 3.8) is 0 Å². The maximum Gasteiger partial charge on any atom is 0.251 e. The fourth-order valence-corrected chi connectivity index (χ4v) is 6.38. The maximum atomic E-state index is 13.3. The molecule has 4 N–H and O–H groups in total. The van der Waals surface area contributed by atoms with Gasteiger partial charge in [-0.3, -0.25) is 14.4 Å². The summed E-state index contributed by atoms with van der Waals surface area (Å²) >= 11 is 0. The van der Waals surface area contributed by atoms with Crippen LogP contribution >= 0.6 is 0 Å². The Morgan fingerprint density at radius 1 is 0.881 bits per heavy atom. The molecule has 3 aromatic rings. The Morgan fingerprint density at radius 2 is 1.43 bits per heavy atom. The highest BCUT2D eigenvalue weighted by molar-refractivity contribution is 7.91. The van der Waals surface area contributed by atoms with E-state index in [-0.39, 0.29) is 23.6 Å². The molecule has 0 aliphatic rings. The highest BCUT2D eigenvalue weighted by Crippen LogP contribution is 2.23. The Labute approximate surface area is 247 Å². The Bertz CT molecular complexity index is 1490. The number of nitrogens with one attached hydrogen (secondary N) is 1. The number of carbonyl (C=O) groups excluding carboxylic acids is 3. The van der Waals surface area contributed by atoms with Gasteiger partial charge in [0.15, 0.2) is 9.84 Å². The van der Waals surface area contributed by atoms with Gasteiger partial charge in [0, 0.05) is 24.4 Å². The first-order valence-electron chi connectivity index (χ1n) is 13.7. The third-order valence-electron chi connectivity index (χ3n) is 6.78. The molecule has 0 fully saturated rings. The molecule has 0 heterocycles. The molecule has 0 aliphatic carbocycles. The van der Waals surface area contributed by atoms with Crippen molar-refractivity contribution in [2.75, 3.05) is 5.75 Å². The second-order valence-corrected chi connectivity index (χ2v) is 13.4. The fourth-order valence-electron chi connectivity index (χ4n) is 4.88. The number of benzene rings is 3. The van der Waals surface area contributed by atoms with Crippen LogP contribution in [0, 0.1) is 0 Å². The number of primary amides is 1. The monoisotopic (exact) mass is 593 g/mol. The molecule has 0 aliphatic heterocycles. The van der Waals surface area contributed by atoms with Crippen molar-refractivity contribution >= 4 is 27.6 Å². The zero-order chi connectivity index (χ0) is 31.1. The molecule has 0 bridgehead atoms. The molecule has 0 saturated carbocycles. The van der Waals surface area contributed by atoms with Gasteiger partial charge in [-0.25, -0.2) is 8.42 Å². The van der Waals surface area contributed by atoms with Crippen LogP contribution < -0.4 is 11.1 Å². The molecular formula is C32H39N3O6S. The summed E-state index contributed by atoms with van der Waals surface area (Å²) in [6.45, 7) is 6.78. The number of hydrogen-bond donors (Lipinski definition) is 3. The molecule has 9 nitrogen and oxygen atoms in total. The summed E-state index contributed by atoms with van der Waals surface area (Å²) in [5.41, 5.74) is 6.88. The molecule has 42 heavy (non-hydrogen) atoms. The molecule has 0 saturated heterocycles. The van der Waals surface area contributed by atoms with Crippen LogP contribution in [0.3, 0.4) is 0 Å². The van der Waals surface area contributed by atoms with Crippen LogP contribution in [0.15, 0.2) is 89.8 Å². The minimum Gasteiger partial charge on any atom is -0.391 e. The van der Waals surface area contributed by atoms with E-state index in [1.54, 1.807) is 54.6 Å². The quantitative estimate of drug-likeness (QED) is 0.294. The van der Waals surface area contributed by atoms with Crippen LogP contribution in [-0.2, 0) is 32.3 Å². The number of rotatable bonds is 12. The molecule has 0 radical (unpaired) electrons. The number of hydrogen-bond acceptors (Lipinski definition) is 6. The van der Waals surface area contributed by atoms with Crippen molar-refractivity contribution in [1.82, 2.24) is 10.2 Å². The third kappa shape index (κ3) is 8.74. The molecule has 0 aromatic heterocycles. The number of carbonyl (C=O) groups is 3. The molecule has 3 aromatic carbocycles. The zero-order valence-electron chi connectivity index (χ0n) is 24.4. The molecule has 3 atom stereocenters. The standard InChI is InChI=1S/C32H39N3O6S/c1-22(36)35(28(30(33)38)21-42(40,41)25-16-9-6-10-17-25)27(19-23-13-7-5-8-14-23)29(37)20-24-15-11-12-18-26(24)31(39)34-32(2,3)4/h5-18,27-29,37H,19-21H2,1-4H3,(H2,33,38)(H,34,39)/t27-,28+,29+/m0/s1. The summed E-state index contributed by atoms with van der Waals surface area (Å²) in [5, 5.41) is 14.6. The minimum atomic E-state index is -4.04. The summed E-state index contributed by atoms with van der Waals surface area (Å²) in [6.07, 6.45) is -1.24. The molecule has 0 unspecified atom stereocenters. The van der Waals surface area contributed by atoms with E-state index in [2.05, 4.69) is 5.32 Å². The smallest absolute Gasteiger partial charge is 0.251 e. The van der Waals surface area contributed by atoms with Crippen LogP contribution in [0.1, 0.15) is 49.2 Å². The van der Waals surface area contributed by atoms with Gasteiger partial charge in [-0.05, 0) is 56.5 Å². The second kappa shape index (κ2) is 13.8. The highest BCUT2D eigenvalue weighted by Gasteiger charge is 2.39. The van der Waals surface area contributed by atoms with E-state index in [0.717, 1.165) is 10.5 Å². The largest absolute Gasteiger partial charge is 0.391 e. The first-order chi connectivity index (χ1) is 19.7. The summed E-state index contributed by atoms with van der Waals surface area (Å²) < 4.78 is 26.6. The van der Waals surface area contributed by atoms with Gasteiger partial charge >= 0.3 is 0 Å². The topological polar surface area (TPSA) is 147 Å². The van der Waals surface area contributed by atoms with Gasteiger partial charge in [0.05, 0.1) is 22.8 Å². The minimum absolute atomic E-state index is 0.0151. The Balaban J connectivity index is 2.05. The van der Waals surface area contributed by atoms with Crippen LogP contribution in [0.4, 0.5) is 0 Å². The zero-order valence-corrected chi connectivity index (χ0v) is 25.2. The van der Waals surface area contributed by atoms with Crippen molar-refractivity contribution in [2.24, 2.45) is 5.73 Å². The first kappa shape index (κ1) is 32.5. The number of sulfone groups is 1. The number of aliphatic hydroxyl groups excluding tert-OH is 1. The molecule has 3 amide bonds. The normalized spacial score (nSPS) is 13.9. The van der Waals surface area contributed by atoms with E-state index in [9.17, 15) is 27.9 Å². The molecule has 224 valence electrons. The lowest BCUT2D eigenvalue weighted by molar-refractivity contribution is -0.142. The average molecular weight is 594 g/mol. The van der Waals surface area contributed by atoms with Crippen LogP contribution in [-0.4, -0.2) is 65.6 Å².